The van der Waals surface area contributed by atoms with Gasteiger partial charge in [-0.05, 0) is 55.0 Å². The van der Waals surface area contributed by atoms with Gasteiger partial charge in [0.2, 0.25) is 17.7 Å². The van der Waals surface area contributed by atoms with E-state index >= 15 is 0 Å². The molecule has 6 amide bonds. The normalized spacial score (nSPS) is 17.9. The SMILES string of the molecule is CC(=O)N1CCn2c(C3CCOCC3)nc(-c3cccc4cc(-c5ccc(C(=O)NCCC#Cc6cccc7c6C(=O)N(C6CCC(=O)NC6=O)C7=O)nc5)ncc34)c2C1. The highest BCUT2D eigenvalue weighted by Crippen LogP contribution is 2.38. The fourth-order valence-corrected chi connectivity index (χ4v) is 8.47. The number of imide groups is 2. The zero-order valence-corrected chi connectivity index (χ0v) is 32.8. The number of imidazole rings is 1. The molecular weight excluding hydrogens is 765 g/mol. The van der Waals surface area contributed by atoms with Crippen molar-refractivity contribution in [1.29, 1.82) is 0 Å². The van der Waals surface area contributed by atoms with Gasteiger partial charge in [0.1, 0.15) is 17.6 Å². The number of fused-ring (bicyclic) bond motifs is 3. The molecule has 2 fully saturated rings. The standard InChI is InChI=1S/C45H40N8O7/c1-26(54)51-18-19-52-37(25-51)40(50-41(52)28-15-20-60-21-16-28)31-9-5-8-29-22-35(48-24-33(29)31)30-11-12-34(47-23-30)42(56)46-17-3-2-6-27-7-4-10-32-39(27)45(59)53(44(32)58)36-13-14-38(55)49-43(36)57/h4-5,7-12,22-24,28,36H,3,13-21,25H2,1H3,(H,46,56)(H,49,55,57). The maximum absolute atomic E-state index is 13.3. The largest absolute Gasteiger partial charge is 0.381 e. The van der Waals surface area contributed by atoms with E-state index in [1.165, 1.54) is 6.07 Å². The van der Waals surface area contributed by atoms with Crippen LogP contribution in [0.5, 0.6) is 0 Å². The van der Waals surface area contributed by atoms with Gasteiger partial charge >= 0.3 is 0 Å². The lowest BCUT2D eigenvalue weighted by molar-refractivity contribution is -0.136. The average molecular weight is 805 g/mol. The molecule has 302 valence electrons. The first-order valence-electron chi connectivity index (χ1n) is 20.1. The Morgan fingerprint density at radius 3 is 2.53 bits per heavy atom. The lowest BCUT2D eigenvalue weighted by atomic mass is 9.99. The minimum absolute atomic E-state index is 0.0308. The van der Waals surface area contributed by atoms with Gasteiger partial charge in [-0.3, -0.25) is 49.0 Å². The van der Waals surface area contributed by atoms with Gasteiger partial charge in [-0.1, -0.05) is 36.1 Å². The van der Waals surface area contributed by atoms with Crippen LogP contribution in [0, 0.1) is 11.8 Å². The number of aromatic nitrogens is 4. The highest BCUT2D eigenvalue weighted by molar-refractivity contribution is 6.24. The summed E-state index contributed by atoms with van der Waals surface area (Å²) in [4.78, 5) is 93.2. The lowest BCUT2D eigenvalue weighted by Crippen LogP contribution is -2.54. The summed E-state index contributed by atoms with van der Waals surface area (Å²) >= 11 is 0. The van der Waals surface area contributed by atoms with Crippen LogP contribution in [0.2, 0.25) is 0 Å². The van der Waals surface area contributed by atoms with Crippen molar-refractivity contribution < 1.29 is 33.5 Å². The van der Waals surface area contributed by atoms with E-state index in [1.54, 1.807) is 37.4 Å². The first-order valence-corrected chi connectivity index (χ1v) is 20.1. The van der Waals surface area contributed by atoms with Crippen molar-refractivity contribution in [3.8, 4) is 34.4 Å². The van der Waals surface area contributed by atoms with Gasteiger partial charge in [0, 0.05) is 93.0 Å². The van der Waals surface area contributed by atoms with Crippen LogP contribution < -0.4 is 10.6 Å². The topological polar surface area (TPSA) is 186 Å². The summed E-state index contributed by atoms with van der Waals surface area (Å²) in [5, 5.41) is 6.92. The molecule has 2 saturated heterocycles. The molecule has 5 aromatic rings. The first-order chi connectivity index (χ1) is 29.2. The highest BCUT2D eigenvalue weighted by atomic mass is 16.5. The van der Waals surface area contributed by atoms with E-state index in [9.17, 15) is 28.8 Å². The number of piperidine rings is 1. The second-order valence-corrected chi connectivity index (χ2v) is 15.3. The third-order valence-corrected chi connectivity index (χ3v) is 11.6. The van der Waals surface area contributed by atoms with E-state index in [0.717, 1.165) is 56.9 Å². The van der Waals surface area contributed by atoms with E-state index in [4.69, 9.17) is 14.7 Å². The summed E-state index contributed by atoms with van der Waals surface area (Å²) in [7, 11) is 0. The Kier molecular flexibility index (Phi) is 10.2. The second kappa shape index (κ2) is 16.0. The van der Waals surface area contributed by atoms with E-state index in [-0.39, 0.29) is 54.4 Å². The fourth-order valence-electron chi connectivity index (χ4n) is 8.47. The van der Waals surface area contributed by atoms with Gasteiger partial charge in [-0.25, -0.2) is 4.98 Å². The number of nitrogens with zero attached hydrogens (tertiary/aromatic N) is 6. The van der Waals surface area contributed by atoms with Crippen molar-refractivity contribution in [2.45, 2.75) is 64.1 Å². The van der Waals surface area contributed by atoms with Gasteiger partial charge < -0.3 is 19.5 Å². The highest BCUT2D eigenvalue weighted by Gasteiger charge is 2.45. The predicted molar refractivity (Wildman–Crippen MR) is 217 cm³/mol. The van der Waals surface area contributed by atoms with Crippen LogP contribution in [0.25, 0.3) is 33.3 Å². The summed E-state index contributed by atoms with van der Waals surface area (Å²) in [6, 6.07) is 15.2. The molecule has 2 aromatic carbocycles. The summed E-state index contributed by atoms with van der Waals surface area (Å²) in [6.07, 6.45) is 5.64. The van der Waals surface area contributed by atoms with Crippen molar-refractivity contribution in [1.82, 2.24) is 40.0 Å². The van der Waals surface area contributed by atoms with Crippen LogP contribution >= 0.6 is 0 Å². The fraction of sp³-hybridized carbons (Fsp3) is 0.311. The first kappa shape index (κ1) is 38.5. The van der Waals surface area contributed by atoms with Crippen molar-refractivity contribution in [3.05, 3.63) is 101 Å². The molecule has 0 saturated carbocycles. The number of carbonyl (C=O) groups is 6. The zero-order chi connectivity index (χ0) is 41.5. The minimum Gasteiger partial charge on any atom is -0.381 e. The van der Waals surface area contributed by atoms with Crippen LogP contribution in [0.15, 0.2) is 67.0 Å². The molecule has 4 aliphatic heterocycles. The molecule has 9 rings (SSSR count). The molecule has 2 N–H and O–H groups in total. The Balaban J connectivity index is 0.865. The monoisotopic (exact) mass is 804 g/mol. The molecule has 0 radical (unpaired) electrons. The van der Waals surface area contributed by atoms with Gasteiger partial charge in [0.05, 0.1) is 34.8 Å². The van der Waals surface area contributed by atoms with Crippen LogP contribution in [0.1, 0.15) is 93.2 Å². The van der Waals surface area contributed by atoms with Crippen molar-refractivity contribution in [2.75, 3.05) is 26.3 Å². The van der Waals surface area contributed by atoms with Gasteiger partial charge in [0.25, 0.3) is 17.7 Å². The van der Waals surface area contributed by atoms with Crippen molar-refractivity contribution in [2.24, 2.45) is 0 Å². The molecule has 3 aromatic heterocycles. The van der Waals surface area contributed by atoms with Crippen LogP contribution in [-0.4, -0.2) is 97.1 Å². The summed E-state index contributed by atoms with van der Waals surface area (Å²) in [5.41, 5.74) is 5.13. The lowest BCUT2D eigenvalue weighted by Gasteiger charge is -2.30. The van der Waals surface area contributed by atoms with E-state index in [2.05, 4.69) is 38.1 Å². The second-order valence-electron chi connectivity index (χ2n) is 15.3. The number of hydrogen-bond donors (Lipinski definition) is 2. The zero-order valence-electron chi connectivity index (χ0n) is 32.8. The predicted octanol–water partition coefficient (Wildman–Crippen LogP) is 3.99. The number of ether oxygens (including phenoxy) is 1. The number of benzene rings is 2. The van der Waals surface area contributed by atoms with Gasteiger partial charge in [-0.15, -0.1) is 0 Å². The third kappa shape index (κ3) is 7.08. The van der Waals surface area contributed by atoms with Gasteiger partial charge in [0.15, 0.2) is 0 Å². The number of pyridine rings is 2. The Morgan fingerprint density at radius 1 is 0.933 bits per heavy atom. The molecular formula is C45H40N8O7. The smallest absolute Gasteiger partial charge is 0.269 e. The van der Waals surface area contributed by atoms with E-state index < -0.39 is 29.7 Å². The number of hydrogen-bond acceptors (Lipinski definition) is 10. The molecule has 7 heterocycles. The van der Waals surface area contributed by atoms with Crippen LogP contribution in [0.4, 0.5) is 0 Å². The van der Waals surface area contributed by atoms with Crippen molar-refractivity contribution >= 4 is 46.2 Å². The van der Waals surface area contributed by atoms with Crippen LogP contribution in [0.3, 0.4) is 0 Å². The maximum Gasteiger partial charge on any atom is 0.269 e. The third-order valence-electron chi connectivity index (χ3n) is 11.6. The van der Waals surface area contributed by atoms with E-state index in [1.807, 2.05) is 29.3 Å². The van der Waals surface area contributed by atoms with Crippen molar-refractivity contribution in [3.63, 3.8) is 0 Å². The number of carbonyl (C=O) groups excluding carboxylic acids is 6. The number of amides is 6. The minimum atomic E-state index is -1.07. The Morgan fingerprint density at radius 2 is 1.75 bits per heavy atom. The summed E-state index contributed by atoms with van der Waals surface area (Å²) in [6.45, 7) is 5.09. The number of rotatable bonds is 7. The molecule has 0 bridgehead atoms. The molecule has 1 unspecified atom stereocenters. The maximum atomic E-state index is 13.3. The number of nitrogens with one attached hydrogen (secondary N) is 2. The quantitative estimate of drug-likeness (QED) is 0.139. The Labute approximate surface area is 344 Å². The van der Waals surface area contributed by atoms with E-state index in [0.29, 0.717) is 50.0 Å². The molecule has 4 aliphatic rings. The molecule has 15 nitrogen and oxygen atoms in total. The average Bonchev–Trinajstić information content (AvgIpc) is 3.77. The summed E-state index contributed by atoms with van der Waals surface area (Å²) < 4.78 is 7.95. The molecule has 1 atom stereocenters. The molecule has 60 heavy (non-hydrogen) atoms. The van der Waals surface area contributed by atoms with Crippen LogP contribution in [-0.2, 0) is 32.2 Å². The summed E-state index contributed by atoms with van der Waals surface area (Å²) in [5.74, 6) is 4.56. The van der Waals surface area contributed by atoms with Gasteiger partial charge in [-0.2, -0.15) is 0 Å². The Bertz CT molecular complexity index is 2690. The molecule has 15 heteroatoms. The Hall–Kier alpha value is -7.05. The molecule has 0 aliphatic carbocycles. The molecule has 0 spiro atoms.